The average Bonchev–Trinajstić information content (AvgIpc) is 2.92. The summed E-state index contributed by atoms with van der Waals surface area (Å²) in [6, 6.07) is 6.48. The van der Waals surface area contributed by atoms with E-state index in [1.54, 1.807) is 0 Å². The van der Waals surface area contributed by atoms with Gasteiger partial charge in [0.2, 0.25) is 5.89 Å². The number of nitrogens with zero attached hydrogens (tertiary/aromatic N) is 2. The molecule has 0 fully saturated rings. The second kappa shape index (κ2) is 5.94. The van der Waals surface area contributed by atoms with Gasteiger partial charge < -0.3 is 9.84 Å². The third-order valence-corrected chi connectivity index (χ3v) is 4.51. The van der Waals surface area contributed by atoms with E-state index < -0.39 is 0 Å². The molecule has 1 atom stereocenters. The summed E-state index contributed by atoms with van der Waals surface area (Å²) in [6.45, 7) is 0.823. The van der Waals surface area contributed by atoms with Gasteiger partial charge in [0.1, 0.15) is 0 Å². The Balaban J connectivity index is 1.64. The molecule has 0 saturated heterocycles. The van der Waals surface area contributed by atoms with Gasteiger partial charge in [0.15, 0.2) is 6.33 Å². The standard InChI is InChI=1S/C13H14ClN3OS/c14-9-1-2-12-10(7-9)11(4-6-19-12)15-5-3-13-16-8-17-18-13/h1-2,7-8,11,15H,3-6H2. The average molecular weight is 296 g/mol. The van der Waals surface area contributed by atoms with E-state index in [0.717, 1.165) is 30.2 Å². The molecule has 0 aliphatic carbocycles. The van der Waals surface area contributed by atoms with Gasteiger partial charge in [-0.3, -0.25) is 0 Å². The highest BCUT2D eigenvalue weighted by Crippen LogP contribution is 2.37. The van der Waals surface area contributed by atoms with Gasteiger partial charge in [-0.05, 0) is 35.9 Å². The van der Waals surface area contributed by atoms with Gasteiger partial charge in [-0.15, -0.1) is 11.8 Å². The Bertz CT molecular complexity index is 547. The number of nitrogens with one attached hydrogen (secondary N) is 1. The Morgan fingerprint density at radius 2 is 2.42 bits per heavy atom. The fourth-order valence-corrected chi connectivity index (χ4v) is 3.52. The zero-order valence-electron chi connectivity index (χ0n) is 10.3. The predicted molar refractivity (Wildman–Crippen MR) is 75.5 cm³/mol. The van der Waals surface area contributed by atoms with Crippen molar-refractivity contribution in [3.63, 3.8) is 0 Å². The molecule has 0 saturated carbocycles. The molecule has 0 spiro atoms. The largest absolute Gasteiger partial charge is 0.340 e. The van der Waals surface area contributed by atoms with Crippen LogP contribution >= 0.6 is 23.4 Å². The highest BCUT2D eigenvalue weighted by atomic mass is 35.5. The van der Waals surface area contributed by atoms with Gasteiger partial charge in [0.05, 0.1) is 0 Å². The normalized spacial score (nSPS) is 18.3. The first-order valence-electron chi connectivity index (χ1n) is 6.24. The van der Waals surface area contributed by atoms with Crippen LogP contribution in [0, 0.1) is 0 Å². The van der Waals surface area contributed by atoms with E-state index in [-0.39, 0.29) is 0 Å². The van der Waals surface area contributed by atoms with Crippen LogP contribution in [-0.4, -0.2) is 22.4 Å². The Morgan fingerprint density at radius 1 is 1.47 bits per heavy atom. The highest BCUT2D eigenvalue weighted by Gasteiger charge is 2.20. The fourth-order valence-electron chi connectivity index (χ4n) is 2.24. The second-order valence-corrected chi connectivity index (χ2v) is 5.98. The van der Waals surface area contributed by atoms with Crippen LogP contribution in [0.25, 0.3) is 0 Å². The first kappa shape index (κ1) is 13.0. The lowest BCUT2D eigenvalue weighted by atomic mass is 10.0. The number of rotatable bonds is 4. The third-order valence-electron chi connectivity index (χ3n) is 3.15. The zero-order valence-corrected chi connectivity index (χ0v) is 11.9. The Morgan fingerprint density at radius 3 is 3.26 bits per heavy atom. The molecular formula is C13H14ClN3OS. The summed E-state index contributed by atoms with van der Waals surface area (Å²) in [5.74, 6) is 1.80. The van der Waals surface area contributed by atoms with Crippen molar-refractivity contribution in [3.8, 4) is 0 Å². The minimum absolute atomic E-state index is 0.359. The molecule has 1 aromatic heterocycles. The van der Waals surface area contributed by atoms with E-state index in [2.05, 4.69) is 27.6 Å². The van der Waals surface area contributed by atoms with Crippen LogP contribution in [0.15, 0.2) is 33.9 Å². The fraction of sp³-hybridized carbons (Fsp3) is 0.385. The van der Waals surface area contributed by atoms with Gasteiger partial charge in [-0.1, -0.05) is 16.8 Å². The van der Waals surface area contributed by atoms with Gasteiger partial charge in [0, 0.05) is 28.9 Å². The number of hydrogen-bond acceptors (Lipinski definition) is 5. The topological polar surface area (TPSA) is 51.0 Å². The van der Waals surface area contributed by atoms with Crippen molar-refractivity contribution in [2.75, 3.05) is 12.3 Å². The van der Waals surface area contributed by atoms with E-state index in [1.165, 1.54) is 16.8 Å². The third kappa shape index (κ3) is 3.11. The van der Waals surface area contributed by atoms with E-state index in [1.807, 2.05) is 17.8 Å². The molecule has 100 valence electrons. The van der Waals surface area contributed by atoms with Gasteiger partial charge in [0.25, 0.3) is 0 Å². The molecule has 2 aromatic rings. The van der Waals surface area contributed by atoms with Crippen molar-refractivity contribution in [1.29, 1.82) is 0 Å². The van der Waals surface area contributed by atoms with Crippen molar-refractivity contribution in [2.45, 2.75) is 23.8 Å². The lowest BCUT2D eigenvalue weighted by Crippen LogP contribution is -2.26. The summed E-state index contributed by atoms with van der Waals surface area (Å²) >= 11 is 7.98. The first-order valence-corrected chi connectivity index (χ1v) is 7.60. The molecule has 0 bridgehead atoms. The van der Waals surface area contributed by atoms with Crippen LogP contribution in [0.1, 0.15) is 23.9 Å². The van der Waals surface area contributed by atoms with E-state index >= 15 is 0 Å². The lowest BCUT2D eigenvalue weighted by Gasteiger charge is -2.26. The maximum absolute atomic E-state index is 6.09. The SMILES string of the molecule is Clc1ccc2c(c1)C(NCCc1ncno1)CCS2. The van der Waals surface area contributed by atoms with E-state index in [4.69, 9.17) is 16.1 Å². The summed E-state index contributed by atoms with van der Waals surface area (Å²) < 4.78 is 4.99. The predicted octanol–water partition coefficient (Wildman–Crippen LogP) is 3.09. The first-order chi connectivity index (χ1) is 9.33. The molecule has 1 aromatic carbocycles. The number of benzene rings is 1. The molecule has 6 heteroatoms. The molecule has 2 heterocycles. The lowest BCUT2D eigenvalue weighted by molar-refractivity contribution is 0.370. The number of aromatic nitrogens is 2. The number of thioether (sulfide) groups is 1. The number of halogens is 1. The highest BCUT2D eigenvalue weighted by molar-refractivity contribution is 7.99. The maximum Gasteiger partial charge on any atom is 0.227 e. The number of hydrogen-bond donors (Lipinski definition) is 1. The maximum atomic E-state index is 6.09. The molecule has 1 N–H and O–H groups in total. The van der Waals surface area contributed by atoms with E-state index in [9.17, 15) is 0 Å². The van der Waals surface area contributed by atoms with Crippen molar-refractivity contribution in [2.24, 2.45) is 0 Å². The van der Waals surface area contributed by atoms with Crippen molar-refractivity contribution >= 4 is 23.4 Å². The molecule has 1 aliphatic heterocycles. The smallest absolute Gasteiger partial charge is 0.227 e. The molecule has 0 radical (unpaired) electrons. The Kier molecular flexibility index (Phi) is 4.06. The van der Waals surface area contributed by atoms with Crippen LogP contribution in [0.2, 0.25) is 5.02 Å². The Hall–Kier alpha value is -1.04. The van der Waals surface area contributed by atoms with Crippen molar-refractivity contribution < 1.29 is 4.52 Å². The minimum atomic E-state index is 0.359. The molecule has 1 unspecified atom stereocenters. The van der Waals surface area contributed by atoms with Crippen molar-refractivity contribution in [1.82, 2.24) is 15.5 Å². The molecular weight excluding hydrogens is 282 g/mol. The van der Waals surface area contributed by atoms with Crippen LogP contribution < -0.4 is 5.32 Å². The summed E-state index contributed by atoms with van der Waals surface area (Å²) in [5, 5.41) is 7.94. The quantitative estimate of drug-likeness (QED) is 0.939. The summed E-state index contributed by atoms with van der Waals surface area (Å²) in [5.41, 5.74) is 1.30. The molecule has 3 rings (SSSR count). The molecule has 1 aliphatic rings. The van der Waals surface area contributed by atoms with Gasteiger partial charge >= 0.3 is 0 Å². The summed E-state index contributed by atoms with van der Waals surface area (Å²) in [6.07, 6.45) is 3.29. The van der Waals surface area contributed by atoms with Crippen molar-refractivity contribution in [3.05, 3.63) is 41.0 Å². The minimum Gasteiger partial charge on any atom is -0.340 e. The van der Waals surface area contributed by atoms with Crippen LogP contribution in [0.3, 0.4) is 0 Å². The molecule has 4 nitrogen and oxygen atoms in total. The summed E-state index contributed by atoms with van der Waals surface area (Å²) in [4.78, 5) is 5.34. The summed E-state index contributed by atoms with van der Waals surface area (Å²) in [7, 11) is 0. The van der Waals surface area contributed by atoms with Crippen LogP contribution in [0.4, 0.5) is 0 Å². The molecule has 0 amide bonds. The monoisotopic (exact) mass is 295 g/mol. The molecule has 19 heavy (non-hydrogen) atoms. The van der Waals surface area contributed by atoms with Crippen LogP contribution in [-0.2, 0) is 6.42 Å². The van der Waals surface area contributed by atoms with Gasteiger partial charge in [-0.2, -0.15) is 4.98 Å². The Labute approximate surface area is 120 Å². The van der Waals surface area contributed by atoms with E-state index in [0.29, 0.717) is 11.9 Å². The second-order valence-electron chi connectivity index (χ2n) is 4.41. The number of fused-ring (bicyclic) bond motifs is 1. The van der Waals surface area contributed by atoms with Crippen LogP contribution in [0.5, 0.6) is 0 Å². The zero-order chi connectivity index (χ0) is 13.1. The van der Waals surface area contributed by atoms with Gasteiger partial charge in [-0.25, -0.2) is 0 Å².